The Morgan fingerprint density at radius 1 is 1.05 bits per heavy atom. The lowest BCUT2D eigenvalue weighted by Gasteiger charge is -1.98. The van der Waals surface area contributed by atoms with E-state index in [0.29, 0.717) is 6.42 Å². The first-order chi connectivity index (χ1) is 8.63. The van der Waals surface area contributed by atoms with Crippen LogP contribution in [0.3, 0.4) is 0 Å². The van der Waals surface area contributed by atoms with Crippen molar-refractivity contribution in [2.45, 2.75) is 39.2 Å². The summed E-state index contributed by atoms with van der Waals surface area (Å²) in [6.45, 7) is 3.28. The van der Waals surface area contributed by atoms with Crippen LogP contribution in [-0.4, -0.2) is 49.5 Å². The van der Waals surface area contributed by atoms with Crippen molar-refractivity contribution in [2.24, 2.45) is 0 Å². The van der Waals surface area contributed by atoms with Crippen molar-refractivity contribution >= 4 is 17.9 Å². The van der Waals surface area contributed by atoms with Crippen molar-refractivity contribution in [3.8, 4) is 0 Å². The van der Waals surface area contributed by atoms with Crippen LogP contribution in [0.15, 0.2) is 11.3 Å². The minimum atomic E-state index is -1.79. The van der Waals surface area contributed by atoms with Gasteiger partial charge in [-0.25, -0.2) is 9.59 Å². The third-order valence-corrected chi connectivity index (χ3v) is 1.89. The summed E-state index contributed by atoms with van der Waals surface area (Å²) in [6.07, 6.45) is -1.34. The Morgan fingerprint density at radius 3 is 1.74 bits per heavy atom. The van der Waals surface area contributed by atoms with Gasteiger partial charge in [0.05, 0.1) is 12.0 Å². The zero-order valence-electron chi connectivity index (χ0n) is 10.7. The van der Waals surface area contributed by atoms with E-state index in [1.54, 1.807) is 0 Å². The SMILES string of the molecule is CCC/C(O)=C(/C)C(=O)O.O=C(O)CC(O)C(=O)O. The second-order valence-electron chi connectivity index (χ2n) is 3.58. The van der Waals surface area contributed by atoms with Crippen molar-refractivity contribution in [3.63, 3.8) is 0 Å². The van der Waals surface area contributed by atoms with E-state index in [9.17, 15) is 14.4 Å². The van der Waals surface area contributed by atoms with Crippen molar-refractivity contribution < 1.29 is 39.9 Å². The van der Waals surface area contributed by atoms with E-state index in [1.165, 1.54) is 6.92 Å². The van der Waals surface area contributed by atoms with E-state index >= 15 is 0 Å². The van der Waals surface area contributed by atoms with Crippen LogP contribution >= 0.6 is 0 Å². The number of hydrogen-bond donors (Lipinski definition) is 5. The van der Waals surface area contributed by atoms with Gasteiger partial charge in [-0.15, -0.1) is 0 Å². The van der Waals surface area contributed by atoms with Crippen LogP contribution in [-0.2, 0) is 14.4 Å². The number of carboxylic acids is 3. The highest BCUT2D eigenvalue weighted by Crippen LogP contribution is 2.06. The molecule has 1 unspecified atom stereocenters. The quantitative estimate of drug-likeness (QED) is 0.350. The second-order valence-corrected chi connectivity index (χ2v) is 3.58. The number of carboxylic acid groups (broad SMARTS) is 3. The maximum Gasteiger partial charge on any atom is 0.334 e. The Kier molecular flexibility index (Phi) is 10.0. The number of aliphatic hydroxyl groups excluding tert-OH is 2. The molecule has 0 spiro atoms. The molecule has 1 atom stereocenters. The predicted molar refractivity (Wildman–Crippen MR) is 63.8 cm³/mol. The highest BCUT2D eigenvalue weighted by Gasteiger charge is 2.16. The van der Waals surface area contributed by atoms with E-state index in [2.05, 4.69) is 0 Å². The molecule has 5 N–H and O–H groups in total. The number of rotatable bonds is 6. The van der Waals surface area contributed by atoms with Gasteiger partial charge in [-0.2, -0.15) is 0 Å². The maximum absolute atomic E-state index is 10.2. The number of aliphatic carboxylic acids is 3. The fraction of sp³-hybridized carbons (Fsp3) is 0.545. The van der Waals surface area contributed by atoms with Crippen LogP contribution in [0.1, 0.15) is 33.1 Å². The molecule has 0 saturated heterocycles. The zero-order chi connectivity index (χ0) is 15.6. The van der Waals surface area contributed by atoms with E-state index in [0.717, 1.165) is 6.42 Å². The summed E-state index contributed by atoms with van der Waals surface area (Å²) in [5, 5.41) is 41.5. The first-order valence-corrected chi connectivity index (χ1v) is 5.38. The van der Waals surface area contributed by atoms with Gasteiger partial charge >= 0.3 is 17.9 Å². The summed E-state index contributed by atoms with van der Waals surface area (Å²) in [7, 11) is 0. The van der Waals surface area contributed by atoms with Gasteiger partial charge in [-0.05, 0) is 13.3 Å². The first kappa shape index (κ1) is 19.3. The molecule has 0 bridgehead atoms. The molecule has 0 aliphatic carbocycles. The molecule has 0 saturated carbocycles. The van der Waals surface area contributed by atoms with Gasteiger partial charge in [-0.3, -0.25) is 4.79 Å². The van der Waals surface area contributed by atoms with Gasteiger partial charge in [0.1, 0.15) is 5.76 Å². The van der Waals surface area contributed by atoms with Gasteiger partial charge in [0.15, 0.2) is 6.10 Å². The molecule has 110 valence electrons. The molecule has 0 aliphatic rings. The normalized spacial score (nSPS) is 12.6. The summed E-state index contributed by atoms with van der Waals surface area (Å²) in [5.74, 6) is -3.91. The molecule has 0 aromatic rings. The molecule has 8 heteroatoms. The lowest BCUT2D eigenvalue weighted by atomic mass is 10.2. The van der Waals surface area contributed by atoms with E-state index in [1.807, 2.05) is 6.92 Å². The molecule has 0 radical (unpaired) electrons. The number of hydrogen-bond acceptors (Lipinski definition) is 5. The molecule has 19 heavy (non-hydrogen) atoms. The van der Waals surface area contributed by atoms with E-state index in [-0.39, 0.29) is 11.3 Å². The zero-order valence-corrected chi connectivity index (χ0v) is 10.7. The lowest BCUT2D eigenvalue weighted by molar-refractivity contribution is -0.152. The average molecular weight is 278 g/mol. The Balaban J connectivity index is 0. The standard InChI is InChI=1S/C7H12O3.C4H6O5/c1-3-4-6(8)5(2)7(9)10;5-2(4(8)9)1-3(6)7/h8H,3-4H2,1-2H3,(H,9,10);2,5H,1H2,(H,6,7)(H,8,9)/b6-5+;. The maximum atomic E-state index is 10.2. The largest absolute Gasteiger partial charge is 0.512 e. The van der Waals surface area contributed by atoms with Crippen LogP contribution in [0.25, 0.3) is 0 Å². The number of aliphatic hydroxyl groups is 2. The summed E-state index contributed by atoms with van der Waals surface area (Å²) >= 11 is 0. The Morgan fingerprint density at radius 2 is 1.53 bits per heavy atom. The summed E-state index contributed by atoms with van der Waals surface area (Å²) in [5.41, 5.74) is 0.0434. The molecule has 0 fully saturated rings. The molecule has 0 amide bonds. The van der Waals surface area contributed by atoms with E-state index in [4.69, 9.17) is 25.5 Å². The highest BCUT2D eigenvalue weighted by atomic mass is 16.4. The minimum Gasteiger partial charge on any atom is -0.512 e. The summed E-state index contributed by atoms with van der Waals surface area (Å²) < 4.78 is 0. The van der Waals surface area contributed by atoms with E-state index < -0.39 is 30.4 Å². The van der Waals surface area contributed by atoms with Crippen LogP contribution in [0.2, 0.25) is 0 Å². The van der Waals surface area contributed by atoms with Gasteiger partial charge in [-0.1, -0.05) is 6.92 Å². The smallest absolute Gasteiger partial charge is 0.334 e. The van der Waals surface area contributed by atoms with Crippen LogP contribution < -0.4 is 0 Å². The van der Waals surface area contributed by atoms with Gasteiger partial charge in [0.2, 0.25) is 0 Å². The molecular weight excluding hydrogens is 260 g/mol. The van der Waals surface area contributed by atoms with Crippen molar-refractivity contribution in [3.05, 3.63) is 11.3 Å². The monoisotopic (exact) mass is 278 g/mol. The highest BCUT2D eigenvalue weighted by molar-refractivity contribution is 5.86. The first-order valence-electron chi connectivity index (χ1n) is 5.38. The molecule has 0 aliphatic heterocycles. The fourth-order valence-corrected chi connectivity index (χ4v) is 0.800. The van der Waals surface area contributed by atoms with Crippen LogP contribution in [0.4, 0.5) is 0 Å². The van der Waals surface area contributed by atoms with Gasteiger partial charge < -0.3 is 25.5 Å². The number of carbonyl (C=O) groups is 3. The predicted octanol–water partition coefficient (Wildman–Crippen LogP) is 0.610. The third-order valence-electron chi connectivity index (χ3n) is 1.89. The lowest BCUT2D eigenvalue weighted by Crippen LogP contribution is -2.22. The average Bonchev–Trinajstić information content (AvgIpc) is 2.27. The number of allylic oxidation sites excluding steroid dienone is 1. The molecule has 0 rings (SSSR count). The summed E-state index contributed by atoms with van der Waals surface area (Å²) in [4.78, 5) is 29.6. The molecule has 8 nitrogen and oxygen atoms in total. The second kappa shape index (κ2) is 9.89. The van der Waals surface area contributed by atoms with Crippen molar-refractivity contribution in [2.75, 3.05) is 0 Å². The molecule has 0 aromatic heterocycles. The van der Waals surface area contributed by atoms with Crippen LogP contribution in [0.5, 0.6) is 0 Å². The van der Waals surface area contributed by atoms with Gasteiger partial charge in [0, 0.05) is 6.42 Å². The van der Waals surface area contributed by atoms with Gasteiger partial charge in [0.25, 0.3) is 0 Å². The third kappa shape index (κ3) is 10.8. The topological polar surface area (TPSA) is 152 Å². The fourth-order valence-electron chi connectivity index (χ4n) is 0.800. The molecule has 0 heterocycles. The van der Waals surface area contributed by atoms with Crippen molar-refractivity contribution in [1.29, 1.82) is 0 Å². The summed E-state index contributed by atoms with van der Waals surface area (Å²) in [6, 6.07) is 0. The minimum absolute atomic E-state index is 0.0185. The van der Waals surface area contributed by atoms with Crippen molar-refractivity contribution in [1.82, 2.24) is 0 Å². The van der Waals surface area contributed by atoms with Crippen LogP contribution in [0, 0.1) is 0 Å². The molecule has 0 aromatic carbocycles. The Hall–Kier alpha value is -2.09. The Bertz CT molecular complexity index is 358. The Labute approximate surface area is 109 Å². The molecular formula is C11H18O8.